The molecule has 3 N–H and O–H groups in total. The minimum atomic E-state index is -2.10. The third kappa shape index (κ3) is 5.62. The smallest absolute Gasteiger partial charge is 0.461 e. The largest absolute Gasteiger partial charge is 0.491 e. The summed E-state index contributed by atoms with van der Waals surface area (Å²) in [6, 6.07) is -0.156. The number of alkyl halides is 1. The molecule has 240 valence electrons. The maximum Gasteiger partial charge on any atom is 0.491 e. The maximum absolute atomic E-state index is 16.0. The van der Waals surface area contributed by atoms with Crippen LogP contribution in [0.5, 0.6) is 6.01 Å². The number of nitrogens with one attached hydrogen (secondary N) is 1. The summed E-state index contributed by atoms with van der Waals surface area (Å²) in [7, 11) is -2.10. The van der Waals surface area contributed by atoms with Crippen LogP contribution >= 0.6 is 0 Å². The van der Waals surface area contributed by atoms with E-state index in [-0.39, 0.29) is 66.3 Å². The van der Waals surface area contributed by atoms with E-state index >= 15 is 4.39 Å². The van der Waals surface area contributed by atoms with Gasteiger partial charge < -0.3 is 29.6 Å². The van der Waals surface area contributed by atoms with Crippen LogP contribution in [0.4, 0.5) is 19.4 Å². The molecule has 3 aromatic rings. The van der Waals surface area contributed by atoms with E-state index in [0.717, 1.165) is 36.9 Å². The SMILES string of the molecule is CC(C)(C)OC(=O)n1nc(C2CC2)nc1CNc1nc(OC[C@@]23CCCN2C[C@H](F)C3)nc2c(F)c(B(O)O)c3c(c12)COC3. The summed E-state index contributed by atoms with van der Waals surface area (Å²) < 4.78 is 48.8. The Morgan fingerprint density at radius 1 is 1.20 bits per heavy atom. The summed E-state index contributed by atoms with van der Waals surface area (Å²) in [4.78, 5) is 28.7. The highest BCUT2D eigenvalue weighted by Gasteiger charge is 2.49. The normalized spacial score (nSPS) is 23.0. The predicted molar refractivity (Wildman–Crippen MR) is 157 cm³/mol. The number of aromatic nitrogens is 5. The maximum atomic E-state index is 16.0. The number of rotatable bonds is 8. The number of carbonyl (C=O) groups excluding carboxylic acids is 1. The number of fused-ring (bicyclic) bond motifs is 4. The average molecular weight is 627 g/mol. The van der Waals surface area contributed by atoms with Crippen molar-refractivity contribution in [2.45, 2.75) is 95.9 Å². The number of hydrogen-bond acceptors (Lipinski definition) is 12. The van der Waals surface area contributed by atoms with Gasteiger partial charge in [0.1, 0.15) is 35.5 Å². The Hall–Kier alpha value is -3.47. The molecular formula is C29H36BF2N7O6. The molecule has 0 radical (unpaired) electrons. The zero-order chi connectivity index (χ0) is 31.7. The van der Waals surface area contributed by atoms with Gasteiger partial charge in [-0.3, -0.25) is 4.90 Å². The summed E-state index contributed by atoms with van der Waals surface area (Å²) in [6.45, 7) is 6.52. The van der Waals surface area contributed by atoms with Gasteiger partial charge in [-0.05, 0) is 64.1 Å². The van der Waals surface area contributed by atoms with Crippen molar-refractivity contribution < 1.29 is 37.8 Å². The van der Waals surface area contributed by atoms with E-state index < -0.39 is 36.3 Å². The fourth-order valence-corrected chi connectivity index (χ4v) is 6.75. The van der Waals surface area contributed by atoms with Crippen molar-refractivity contribution in [1.82, 2.24) is 29.6 Å². The lowest BCUT2D eigenvalue weighted by atomic mass is 9.74. The highest BCUT2D eigenvalue weighted by Crippen LogP contribution is 2.41. The number of hydrogen-bond donors (Lipinski definition) is 3. The molecule has 4 aliphatic rings. The van der Waals surface area contributed by atoms with Gasteiger partial charge >= 0.3 is 19.2 Å². The minimum Gasteiger partial charge on any atom is -0.461 e. The van der Waals surface area contributed by atoms with E-state index in [4.69, 9.17) is 14.2 Å². The summed E-state index contributed by atoms with van der Waals surface area (Å²) in [5.41, 5.74) is -0.939. The topological polar surface area (TPSA) is 157 Å². The Bertz CT molecular complexity index is 1660. The van der Waals surface area contributed by atoms with Crippen molar-refractivity contribution in [3.05, 3.63) is 28.6 Å². The molecule has 1 aromatic carbocycles. The molecule has 2 saturated heterocycles. The molecule has 45 heavy (non-hydrogen) atoms. The average Bonchev–Trinajstić information content (AvgIpc) is 3.26. The van der Waals surface area contributed by atoms with Crippen LogP contribution in [0.15, 0.2) is 0 Å². The van der Waals surface area contributed by atoms with Gasteiger partial charge in [-0.2, -0.15) is 9.97 Å². The molecule has 16 heteroatoms. The first kappa shape index (κ1) is 30.2. The molecule has 0 amide bonds. The highest BCUT2D eigenvalue weighted by molar-refractivity contribution is 6.59. The van der Waals surface area contributed by atoms with Gasteiger partial charge in [-0.1, -0.05) is 0 Å². The van der Waals surface area contributed by atoms with Crippen LogP contribution in [0, 0.1) is 5.82 Å². The van der Waals surface area contributed by atoms with Crippen LogP contribution in [0.25, 0.3) is 10.9 Å². The van der Waals surface area contributed by atoms with Gasteiger partial charge in [0.15, 0.2) is 11.6 Å². The first-order valence-corrected chi connectivity index (χ1v) is 15.4. The van der Waals surface area contributed by atoms with Crippen LogP contribution in [0.3, 0.4) is 0 Å². The highest BCUT2D eigenvalue weighted by atomic mass is 19.1. The van der Waals surface area contributed by atoms with E-state index in [2.05, 4.69) is 30.3 Å². The molecular weight excluding hydrogens is 591 g/mol. The lowest BCUT2D eigenvalue weighted by Crippen LogP contribution is -2.43. The fourth-order valence-electron chi connectivity index (χ4n) is 6.75. The second-order valence-electron chi connectivity index (χ2n) is 13.4. The lowest BCUT2D eigenvalue weighted by molar-refractivity contribution is 0.0508. The standard InChI is InChI=1S/C29H36BF2N7O6/c1-28(2,3)45-27(40)39-19(34-24(37-39)15-5-6-15)10-33-25-20-17-12-43-13-18(17)21(30(41)42)22(32)23(20)35-26(36-25)44-14-29-7-4-8-38(29)11-16(31)9-29/h15-16,41-42H,4-14H2,1-3H3,(H,33,35,36)/t16-,29+/m1/s1. The number of anilines is 1. The summed E-state index contributed by atoms with van der Waals surface area (Å²) in [6.07, 6.45) is 2.22. The van der Waals surface area contributed by atoms with Crippen LogP contribution in [0.2, 0.25) is 0 Å². The molecule has 2 atom stereocenters. The zero-order valence-electron chi connectivity index (χ0n) is 25.5. The Kier molecular flexibility index (Phi) is 7.45. The number of benzene rings is 1. The summed E-state index contributed by atoms with van der Waals surface area (Å²) >= 11 is 0. The molecule has 13 nitrogen and oxygen atoms in total. The van der Waals surface area contributed by atoms with Crippen molar-refractivity contribution in [3.8, 4) is 6.01 Å². The molecule has 0 spiro atoms. The number of ether oxygens (including phenoxy) is 3. The van der Waals surface area contributed by atoms with Crippen molar-refractivity contribution in [3.63, 3.8) is 0 Å². The third-order valence-corrected chi connectivity index (χ3v) is 8.92. The molecule has 1 aliphatic carbocycles. The Labute approximate surface area is 258 Å². The van der Waals surface area contributed by atoms with E-state index in [9.17, 15) is 19.2 Å². The van der Waals surface area contributed by atoms with Gasteiger partial charge in [-0.15, -0.1) is 9.78 Å². The third-order valence-electron chi connectivity index (χ3n) is 8.92. The first-order chi connectivity index (χ1) is 21.4. The Morgan fingerprint density at radius 3 is 2.71 bits per heavy atom. The molecule has 3 aliphatic heterocycles. The fraction of sp³-hybridized carbons (Fsp3) is 0.621. The second kappa shape index (κ2) is 11.1. The molecule has 0 unspecified atom stereocenters. The van der Waals surface area contributed by atoms with Crippen molar-refractivity contribution in [2.75, 3.05) is 25.0 Å². The van der Waals surface area contributed by atoms with Crippen LogP contribution in [-0.4, -0.2) is 89.9 Å². The van der Waals surface area contributed by atoms with Gasteiger partial charge in [0.2, 0.25) is 0 Å². The molecule has 7 rings (SSSR count). The zero-order valence-corrected chi connectivity index (χ0v) is 25.5. The number of nitrogens with zero attached hydrogens (tertiary/aromatic N) is 6. The van der Waals surface area contributed by atoms with E-state index in [0.29, 0.717) is 29.9 Å². The number of carbonyl (C=O) groups is 1. The minimum absolute atomic E-state index is 0.0205. The molecule has 1 saturated carbocycles. The van der Waals surface area contributed by atoms with Crippen LogP contribution in [0.1, 0.15) is 81.6 Å². The first-order valence-electron chi connectivity index (χ1n) is 15.4. The molecule has 2 aromatic heterocycles. The quantitative estimate of drug-likeness (QED) is 0.314. The van der Waals surface area contributed by atoms with Gasteiger partial charge in [-0.25, -0.2) is 18.6 Å². The van der Waals surface area contributed by atoms with E-state index in [1.54, 1.807) is 20.8 Å². The molecule has 3 fully saturated rings. The summed E-state index contributed by atoms with van der Waals surface area (Å²) in [5, 5.41) is 28.0. The Balaban J connectivity index is 1.27. The Morgan fingerprint density at radius 2 is 1.98 bits per heavy atom. The lowest BCUT2D eigenvalue weighted by Gasteiger charge is -2.30. The van der Waals surface area contributed by atoms with Crippen molar-refractivity contribution >= 4 is 35.4 Å². The van der Waals surface area contributed by atoms with Crippen LogP contribution < -0.4 is 15.5 Å². The predicted octanol–water partition coefficient (Wildman–Crippen LogP) is 2.30. The monoisotopic (exact) mass is 627 g/mol. The van der Waals surface area contributed by atoms with Crippen LogP contribution in [-0.2, 0) is 29.2 Å². The number of halogens is 2. The van der Waals surface area contributed by atoms with Crippen molar-refractivity contribution in [2.24, 2.45) is 0 Å². The molecule has 5 heterocycles. The van der Waals surface area contributed by atoms with Gasteiger partial charge in [0.25, 0.3) is 0 Å². The van der Waals surface area contributed by atoms with Crippen molar-refractivity contribution in [1.29, 1.82) is 0 Å². The second-order valence-corrected chi connectivity index (χ2v) is 13.4. The van der Waals surface area contributed by atoms with Gasteiger partial charge in [0.05, 0.1) is 30.7 Å². The molecule has 0 bridgehead atoms. The van der Waals surface area contributed by atoms with E-state index in [1.807, 2.05) is 0 Å². The van der Waals surface area contributed by atoms with Gasteiger partial charge in [0, 0.05) is 24.3 Å². The van der Waals surface area contributed by atoms with E-state index in [1.165, 1.54) is 0 Å². The summed E-state index contributed by atoms with van der Waals surface area (Å²) in [5.74, 6) is 0.227.